The zero-order chi connectivity index (χ0) is 44.8. The minimum absolute atomic E-state index is 0.00707. The van der Waals surface area contributed by atoms with Gasteiger partial charge in [-0.2, -0.15) is 0 Å². The molecule has 2 heterocycles. The summed E-state index contributed by atoms with van der Waals surface area (Å²) < 4.78 is 64.6. The van der Waals surface area contributed by atoms with Crippen LogP contribution in [0.5, 0.6) is 0 Å². The molecule has 0 fully saturated rings. The van der Waals surface area contributed by atoms with Crippen molar-refractivity contribution in [3.8, 4) is 22.3 Å². The molecule has 0 radical (unpaired) electrons. The molecule has 319 valence electrons. The summed E-state index contributed by atoms with van der Waals surface area (Å²) in [5.74, 6) is 0.528. The molecular formula is C44H34Cl4MnN4O7S2. The summed E-state index contributed by atoms with van der Waals surface area (Å²) in [6, 6.07) is 35.4. The van der Waals surface area contributed by atoms with Crippen molar-refractivity contribution in [2.24, 2.45) is 0 Å². The van der Waals surface area contributed by atoms with E-state index in [1.165, 1.54) is 24.3 Å². The summed E-state index contributed by atoms with van der Waals surface area (Å²) in [5.41, 5.74) is 6.85. The summed E-state index contributed by atoms with van der Waals surface area (Å²) in [5, 5.41) is 1.85. The van der Waals surface area contributed by atoms with E-state index in [4.69, 9.17) is 54.1 Å². The molecule has 0 unspecified atom stereocenters. The number of fused-ring (bicyclic) bond motifs is 2. The van der Waals surface area contributed by atoms with Crippen LogP contribution in [0.15, 0.2) is 131 Å². The van der Waals surface area contributed by atoms with Crippen LogP contribution in [0.3, 0.4) is 0 Å². The van der Waals surface area contributed by atoms with Crippen LogP contribution in [0.2, 0.25) is 20.1 Å². The van der Waals surface area contributed by atoms with E-state index in [0.717, 1.165) is 33.6 Å². The maximum absolute atomic E-state index is 12.9. The average Bonchev–Trinajstić information content (AvgIpc) is 3.89. The number of aromatic nitrogens is 4. The third-order valence-corrected chi connectivity index (χ3v) is 14.5. The van der Waals surface area contributed by atoms with Crippen molar-refractivity contribution in [1.82, 2.24) is 19.9 Å². The number of carbonyl (C=O) groups is 1. The van der Waals surface area contributed by atoms with Crippen LogP contribution in [0.25, 0.3) is 44.3 Å². The number of carbonyl (C=O) groups excluding carboxylic acids is 1. The molecule has 0 aliphatic carbocycles. The van der Waals surface area contributed by atoms with E-state index >= 15 is 0 Å². The van der Waals surface area contributed by atoms with Gasteiger partial charge in [-0.25, -0.2) is 26.8 Å². The van der Waals surface area contributed by atoms with Gasteiger partial charge in [0.05, 0.1) is 52.4 Å². The first kappa shape index (κ1) is 46.6. The Morgan fingerprint density at radius 1 is 0.597 bits per heavy atom. The van der Waals surface area contributed by atoms with Gasteiger partial charge in [-0.3, -0.25) is 4.79 Å². The van der Waals surface area contributed by atoms with Crippen LogP contribution in [-0.2, 0) is 48.6 Å². The number of rotatable bonds is 10. The Balaban J connectivity index is 0.000000195. The fraction of sp³-hybridized carbons (Fsp3) is 0.114. The van der Waals surface area contributed by atoms with E-state index in [1.807, 2.05) is 66.7 Å². The van der Waals surface area contributed by atoms with Crippen molar-refractivity contribution in [3.05, 3.63) is 164 Å². The molecule has 0 saturated heterocycles. The van der Waals surface area contributed by atoms with Crippen LogP contribution >= 0.6 is 46.4 Å². The second kappa shape index (κ2) is 20.1. The van der Waals surface area contributed by atoms with E-state index in [2.05, 4.69) is 19.9 Å². The van der Waals surface area contributed by atoms with E-state index < -0.39 is 34.5 Å². The zero-order valence-corrected chi connectivity index (χ0v) is 38.5. The standard InChI is InChI=1S/C22H16Cl2N2O3S.C22H18Cl2N2O2S.Mn.2O/c1-2-30(28,29)15-10-8-14(9-11-15)21(27)22-25-17-12-16(23)18(19(24)20(17)26-22)13-6-4-3-5-7-13;1-2-29(27,28)16-10-8-14(9-11-16)12-19-25-18-13-17(23)20(21(24)22(18)26-19)15-6-4-3-5-7-15;;;/h3-12H,2H2,1H3,(H,25,26);3-11,13H,2,12H2,1H3,(H,25,26);;;. The van der Waals surface area contributed by atoms with Crippen LogP contribution in [0, 0.1) is 0 Å². The fourth-order valence-corrected chi connectivity index (χ4v) is 9.63. The summed E-state index contributed by atoms with van der Waals surface area (Å²) in [7, 11) is -6.54. The van der Waals surface area contributed by atoms with E-state index in [9.17, 15) is 21.6 Å². The number of hydrogen-bond acceptors (Lipinski definition) is 9. The SMILES string of the molecule is CCS(=O)(=O)c1ccc(C(=O)c2nc3c(Cl)c(-c4ccccc4)c(Cl)cc3[nH]2)cc1.CCS(=O)(=O)c1ccc(Cc2nc3c(Cl)c(-c4ccccc4)c(Cl)cc3[nH]2)cc1.[O]=[Mn]=[O]. The molecule has 0 spiro atoms. The number of nitrogens with one attached hydrogen (secondary N) is 2. The molecule has 62 heavy (non-hydrogen) atoms. The van der Waals surface area contributed by atoms with Gasteiger partial charge in [0.2, 0.25) is 5.78 Å². The molecule has 0 saturated carbocycles. The van der Waals surface area contributed by atoms with E-state index in [0.29, 0.717) is 59.1 Å². The molecule has 0 aliphatic heterocycles. The monoisotopic (exact) mass is 989 g/mol. The van der Waals surface area contributed by atoms with Crippen LogP contribution in [0.4, 0.5) is 0 Å². The zero-order valence-electron chi connectivity index (χ0n) is 32.6. The van der Waals surface area contributed by atoms with Gasteiger partial charge >= 0.3 is 22.5 Å². The Morgan fingerprint density at radius 3 is 1.47 bits per heavy atom. The molecule has 2 N–H and O–H groups in total. The molecule has 11 nitrogen and oxygen atoms in total. The van der Waals surface area contributed by atoms with Gasteiger partial charge in [-0.1, -0.05) is 133 Å². The van der Waals surface area contributed by atoms with Gasteiger partial charge in [0.15, 0.2) is 25.5 Å². The van der Waals surface area contributed by atoms with Crippen LogP contribution in [0.1, 0.15) is 41.4 Å². The molecule has 6 aromatic carbocycles. The molecule has 8 aromatic rings. The molecule has 0 aliphatic rings. The van der Waals surface area contributed by atoms with Crippen molar-refractivity contribution >= 4 is 93.9 Å². The summed E-state index contributed by atoms with van der Waals surface area (Å²) in [4.78, 5) is 28.7. The van der Waals surface area contributed by atoms with Gasteiger partial charge in [0.1, 0.15) is 16.9 Å². The van der Waals surface area contributed by atoms with Gasteiger partial charge in [-0.15, -0.1) is 0 Å². The number of imidazole rings is 2. The fourth-order valence-electron chi connectivity index (χ4n) is 6.43. The molecule has 18 heteroatoms. The van der Waals surface area contributed by atoms with Crippen molar-refractivity contribution in [2.75, 3.05) is 11.5 Å². The van der Waals surface area contributed by atoms with Gasteiger partial charge < -0.3 is 9.97 Å². The first-order chi connectivity index (χ1) is 29.6. The van der Waals surface area contributed by atoms with Crippen molar-refractivity contribution < 1.29 is 44.1 Å². The predicted molar refractivity (Wildman–Crippen MR) is 239 cm³/mol. The second-order valence-electron chi connectivity index (χ2n) is 13.4. The Morgan fingerprint density at radius 2 is 1.02 bits per heavy atom. The summed E-state index contributed by atoms with van der Waals surface area (Å²) in [6.45, 7) is 3.21. The van der Waals surface area contributed by atoms with Crippen molar-refractivity contribution in [3.63, 3.8) is 0 Å². The molecular weight excluding hydrogens is 957 g/mol. The summed E-state index contributed by atoms with van der Waals surface area (Å²) >= 11 is 24.7. The molecule has 2 aromatic heterocycles. The average molecular weight is 992 g/mol. The van der Waals surface area contributed by atoms with E-state index in [-0.39, 0.29) is 28.0 Å². The number of benzene rings is 6. The Bertz CT molecular complexity index is 3180. The third kappa shape index (κ3) is 10.3. The van der Waals surface area contributed by atoms with Crippen molar-refractivity contribution in [1.29, 1.82) is 0 Å². The first-order valence-electron chi connectivity index (χ1n) is 18.6. The second-order valence-corrected chi connectivity index (χ2v) is 19.8. The number of hydrogen-bond donors (Lipinski definition) is 2. The molecule has 0 atom stereocenters. The summed E-state index contributed by atoms with van der Waals surface area (Å²) in [6.07, 6.45) is 0.524. The Hall–Kier alpha value is -4.89. The quantitative estimate of drug-likeness (QED) is 0.0997. The molecule has 8 rings (SSSR count). The van der Waals surface area contributed by atoms with Crippen molar-refractivity contribution in [2.45, 2.75) is 30.1 Å². The topological polar surface area (TPSA) is 177 Å². The number of halogens is 4. The predicted octanol–water partition coefficient (Wildman–Crippen LogP) is 11.2. The van der Waals surface area contributed by atoms with Crippen LogP contribution < -0.4 is 0 Å². The Kier molecular flexibility index (Phi) is 15.1. The first-order valence-corrected chi connectivity index (χ1v) is 24.3. The molecule has 0 amide bonds. The van der Waals surface area contributed by atoms with E-state index in [1.54, 1.807) is 44.2 Å². The number of H-pyrrole nitrogens is 2. The van der Waals surface area contributed by atoms with Crippen LogP contribution in [-0.4, -0.2) is 54.1 Å². The molecule has 0 bridgehead atoms. The van der Waals surface area contributed by atoms with Gasteiger partial charge in [0, 0.05) is 23.1 Å². The number of sulfone groups is 2. The minimum atomic E-state index is -3.33. The normalized spacial score (nSPS) is 11.4. The number of aromatic amines is 2. The van der Waals surface area contributed by atoms with Gasteiger partial charge in [-0.05, 0) is 65.2 Å². The third-order valence-electron chi connectivity index (χ3n) is 9.62. The number of nitrogens with zero attached hydrogens (tertiary/aromatic N) is 2. The van der Waals surface area contributed by atoms with Gasteiger partial charge in [0.25, 0.3) is 0 Å². The number of ketones is 1. The maximum atomic E-state index is 12.9. The Labute approximate surface area is 383 Å².